The molecule has 1 heterocycles. The van der Waals surface area contributed by atoms with Crippen LogP contribution in [0.1, 0.15) is 129 Å². The van der Waals surface area contributed by atoms with Crippen LogP contribution in [0.2, 0.25) is 0 Å². The zero-order chi connectivity index (χ0) is 90.5. The zero-order valence-corrected chi connectivity index (χ0v) is 70.3. The van der Waals surface area contributed by atoms with Gasteiger partial charge in [-0.15, -0.1) is 0 Å². The predicted octanol–water partition coefficient (Wildman–Crippen LogP) is -7.38. The third-order valence-electron chi connectivity index (χ3n) is 19.9. The van der Waals surface area contributed by atoms with Gasteiger partial charge >= 0.3 is 11.9 Å². The SMILES string of the molecule is CC[C@H](C)[C@@H]1NC(=O)[C@@H](CCCN=C(N)N)NC(=O)CNC(=O)CNC(=O)[C@@H](Cc2ccccc2)NC(=O)[C@H](C2CCCCC2)NC(=O)[C@H](NC(=O)[C@H](CO)NC(=O)[C@@H](N)CO)CSSC[C@H](C(=O)N[C@H](Cc2ccccc2)C(=O)N[C@H](CCCN=C(N)N)C(=O)O)NC(=O)[C@@H]([C@@H](C)CC)NC(=O)[C@H](CCCN=C(N)N)NC(=O)[C@@H](CC(=O)O)NC1=O. The van der Waals surface area contributed by atoms with E-state index in [9.17, 15) is 73.2 Å². The minimum Gasteiger partial charge on any atom is -0.481 e. The van der Waals surface area contributed by atoms with Gasteiger partial charge in [0.1, 0.15) is 78.5 Å². The summed E-state index contributed by atoms with van der Waals surface area (Å²) in [4.78, 5) is 240. The van der Waals surface area contributed by atoms with E-state index in [0.717, 1.165) is 28.0 Å². The fraction of sp³-hybridized carbons (Fsp3) is 0.592. The maximum Gasteiger partial charge on any atom is 0.326 e. The molecular formula is C76H120N24O20S2. The van der Waals surface area contributed by atoms with Crippen molar-refractivity contribution in [2.24, 2.45) is 72.9 Å². The molecule has 0 bridgehead atoms. The van der Waals surface area contributed by atoms with Crippen molar-refractivity contribution in [3.05, 3.63) is 71.8 Å². The molecule has 4 rings (SSSR count). The number of carboxylic acid groups (broad SMARTS) is 2. The van der Waals surface area contributed by atoms with E-state index in [1.54, 1.807) is 74.5 Å². The molecule has 676 valence electrons. The molecule has 1 aliphatic heterocycles. The number of carbonyl (C=O) groups is 16. The van der Waals surface area contributed by atoms with Gasteiger partial charge in [-0.05, 0) is 80.2 Å². The third-order valence-corrected chi connectivity index (χ3v) is 22.3. The van der Waals surface area contributed by atoms with Crippen LogP contribution < -0.4 is 115 Å². The van der Waals surface area contributed by atoms with Gasteiger partial charge in [0.25, 0.3) is 0 Å². The Morgan fingerprint density at radius 2 is 1.00 bits per heavy atom. The molecule has 2 aromatic carbocycles. The number of aliphatic hydroxyl groups is 2. The van der Waals surface area contributed by atoms with Crippen LogP contribution in [0, 0.1) is 17.8 Å². The van der Waals surface area contributed by atoms with E-state index < -0.39 is 235 Å². The number of hydrogen-bond acceptors (Lipinski definition) is 24. The van der Waals surface area contributed by atoms with Gasteiger partial charge in [-0.2, -0.15) is 0 Å². The number of aliphatic imine (C=N–C) groups is 3. The summed E-state index contributed by atoms with van der Waals surface area (Å²) < 4.78 is 0. The quantitative estimate of drug-likeness (QED) is 0.0134. The summed E-state index contributed by atoms with van der Waals surface area (Å²) in [5.74, 6) is -22.2. The summed E-state index contributed by atoms with van der Waals surface area (Å²) in [6.07, 6.45) is 0.483. The summed E-state index contributed by atoms with van der Waals surface area (Å²) in [6.45, 7) is 2.50. The number of carbonyl (C=O) groups excluding carboxylic acids is 14. The normalized spacial score (nSPS) is 22.4. The van der Waals surface area contributed by atoms with Crippen LogP contribution >= 0.6 is 21.6 Å². The highest BCUT2D eigenvalue weighted by molar-refractivity contribution is 8.76. The highest BCUT2D eigenvalue weighted by Crippen LogP contribution is 2.29. The molecule has 2 fully saturated rings. The molecule has 14 amide bonds. The molecule has 1 aliphatic carbocycles. The third kappa shape index (κ3) is 37.6. The molecule has 15 atom stereocenters. The van der Waals surface area contributed by atoms with Crippen LogP contribution in [-0.4, -0.2) is 269 Å². The number of nitrogens with two attached hydrogens (primary N) is 7. The Labute approximate surface area is 713 Å². The first kappa shape index (κ1) is 103. The van der Waals surface area contributed by atoms with Crippen LogP contribution in [0.25, 0.3) is 0 Å². The molecule has 0 unspecified atom stereocenters. The van der Waals surface area contributed by atoms with Gasteiger partial charge in [0, 0.05) is 44.0 Å². The Balaban J connectivity index is 2.01. The summed E-state index contributed by atoms with van der Waals surface area (Å²) in [5, 5.41) is 76.0. The maximum absolute atomic E-state index is 15.3. The Morgan fingerprint density at radius 1 is 0.500 bits per heavy atom. The van der Waals surface area contributed by atoms with Crippen molar-refractivity contribution in [1.82, 2.24) is 74.4 Å². The Kier molecular flexibility index (Phi) is 46.0. The number of amides is 14. The molecule has 44 nitrogen and oxygen atoms in total. The fourth-order valence-electron chi connectivity index (χ4n) is 12.6. The lowest BCUT2D eigenvalue weighted by molar-refractivity contribution is -0.142. The summed E-state index contributed by atoms with van der Waals surface area (Å²) >= 11 is 0. The second kappa shape index (κ2) is 54.6. The van der Waals surface area contributed by atoms with Crippen molar-refractivity contribution < 1.29 is 97.1 Å². The number of guanidine groups is 3. The largest absolute Gasteiger partial charge is 0.481 e. The maximum atomic E-state index is 15.3. The van der Waals surface area contributed by atoms with Crippen LogP contribution in [0.5, 0.6) is 0 Å². The van der Waals surface area contributed by atoms with Crippen molar-refractivity contribution in [3.8, 4) is 0 Å². The van der Waals surface area contributed by atoms with E-state index in [0.29, 0.717) is 36.8 Å². The molecule has 0 aromatic heterocycles. The number of rotatable bonds is 34. The average Bonchev–Trinajstić information content (AvgIpc) is 0.837. The molecule has 122 heavy (non-hydrogen) atoms. The predicted molar refractivity (Wildman–Crippen MR) is 452 cm³/mol. The number of hydrogen-bond donors (Lipinski definition) is 25. The molecular weight excluding hydrogens is 1630 g/mol. The van der Waals surface area contributed by atoms with E-state index in [1.807, 2.05) is 0 Å². The molecule has 1 saturated carbocycles. The first-order valence-corrected chi connectivity index (χ1v) is 42.6. The average molecular weight is 1750 g/mol. The van der Waals surface area contributed by atoms with Crippen molar-refractivity contribution >= 4 is 134 Å². The molecule has 0 spiro atoms. The van der Waals surface area contributed by atoms with E-state index in [4.69, 9.17) is 40.1 Å². The topological polar surface area (TPSA) is 742 Å². The van der Waals surface area contributed by atoms with Crippen molar-refractivity contribution in [3.63, 3.8) is 0 Å². The lowest BCUT2D eigenvalue weighted by atomic mass is 9.83. The number of carboxylic acids is 2. The number of nitrogens with one attached hydrogen (secondary N) is 14. The van der Waals surface area contributed by atoms with Crippen LogP contribution in [0.15, 0.2) is 75.6 Å². The summed E-state index contributed by atoms with van der Waals surface area (Å²) in [5.41, 5.74) is 40.0. The first-order valence-electron chi connectivity index (χ1n) is 40.1. The molecule has 32 N–H and O–H groups in total. The van der Waals surface area contributed by atoms with Crippen LogP contribution in [0.4, 0.5) is 0 Å². The number of aliphatic hydroxyl groups excluding tert-OH is 2. The molecule has 2 aromatic rings. The summed E-state index contributed by atoms with van der Waals surface area (Å²) in [6, 6.07) is -5.25. The lowest BCUT2D eigenvalue weighted by Gasteiger charge is -2.32. The monoisotopic (exact) mass is 1750 g/mol. The van der Waals surface area contributed by atoms with Crippen molar-refractivity contribution in [2.45, 2.75) is 209 Å². The second-order valence-electron chi connectivity index (χ2n) is 29.4. The van der Waals surface area contributed by atoms with Crippen LogP contribution in [-0.2, 0) is 89.6 Å². The highest BCUT2D eigenvalue weighted by Gasteiger charge is 2.41. The van der Waals surface area contributed by atoms with Gasteiger partial charge in [0.05, 0.1) is 32.7 Å². The van der Waals surface area contributed by atoms with Gasteiger partial charge in [0.2, 0.25) is 82.7 Å². The smallest absolute Gasteiger partial charge is 0.326 e. The minimum atomic E-state index is -2.02. The van der Waals surface area contributed by atoms with E-state index >= 15 is 24.0 Å². The highest BCUT2D eigenvalue weighted by atomic mass is 33.1. The first-order chi connectivity index (χ1) is 58.0. The Hall–Kier alpha value is -11.6. The van der Waals surface area contributed by atoms with Gasteiger partial charge in [-0.1, -0.05) is 142 Å². The zero-order valence-electron chi connectivity index (χ0n) is 68.7. The van der Waals surface area contributed by atoms with Crippen LogP contribution in [0.3, 0.4) is 0 Å². The van der Waals surface area contributed by atoms with Gasteiger partial charge in [0.15, 0.2) is 17.9 Å². The van der Waals surface area contributed by atoms with E-state index in [1.165, 1.54) is 13.8 Å². The van der Waals surface area contributed by atoms with Gasteiger partial charge in [-0.3, -0.25) is 86.9 Å². The molecule has 1 saturated heterocycles. The fourth-order valence-corrected chi connectivity index (χ4v) is 15.0. The van der Waals surface area contributed by atoms with Gasteiger partial charge < -0.3 is 135 Å². The second-order valence-corrected chi connectivity index (χ2v) is 32.0. The van der Waals surface area contributed by atoms with Gasteiger partial charge in [-0.25, -0.2) is 4.79 Å². The molecule has 46 heteroatoms. The molecule has 2 aliphatic rings. The van der Waals surface area contributed by atoms with E-state index in [2.05, 4.69) is 89.4 Å². The van der Waals surface area contributed by atoms with Crippen molar-refractivity contribution in [2.75, 3.05) is 57.4 Å². The standard InChI is InChI=1S/C76H120N24O20S2/c1-5-40(3)58-70(116)94-51(33-57(105)106)66(112)90-47(26-17-29-85-75(80)81)64(110)99-59(41(4)6-2)71(117)97-53(68(114)92-50(32-43-21-12-8-13-22-43)65(111)91-48(73(119)120)27-18-30-86-76(82)83)38-121-122-39-54(96-67(113)52(37-102)95-61(107)45(77)36-101)69(115)100-60(44-23-14-9-15-24-44)72(118)93-49(31-42-19-10-7-11-20-42)62(108)88-34-55(103)87-35-56(104)89-46(63(109)98-58)25-16-28-84-74(78)79/h7-8,10-13,19-22,40-41,44-54,58-60,101-102H,5-6,9,14-18,23-39,77H2,1-4H3,(H,87,103)(H,88,108)(H,89,104)(H,90,112)(H,91,111)(H,92,114)(H,93,118)(H,94,116)(H,95,107)(H,96,113)(H,97,117)(H,98,109)(H,99,110)(H,100,115)(H,105,106)(H,119,120)(H4,78,79,84)(H4,80,81,85)(H4,82,83,86)/t40-,41-,45-,46+,47-,48+,49+,50+,51+,52-,53+,54+,58-,59+,60-/m0/s1. The lowest BCUT2D eigenvalue weighted by Crippen LogP contribution is -2.62. The summed E-state index contributed by atoms with van der Waals surface area (Å²) in [7, 11) is 1.54. The van der Waals surface area contributed by atoms with Crippen molar-refractivity contribution in [1.29, 1.82) is 0 Å². The Bertz CT molecular complexity index is 3930. The number of nitrogens with zero attached hydrogens (tertiary/aromatic N) is 3. The number of aliphatic carboxylic acids is 2. The van der Waals surface area contributed by atoms with E-state index in [-0.39, 0.29) is 102 Å². The Morgan fingerprint density at radius 3 is 1.53 bits per heavy atom. The minimum absolute atomic E-state index is 0.0255. The molecule has 0 radical (unpaired) electrons. The number of benzene rings is 2.